The van der Waals surface area contributed by atoms with Crippen LogP contribution in [0.1, 0.15) is 5.56 Å². The van der Waals surface area contributed by atoms with Gasteiger partial charge in [0.1, 0.15) is 10.8 Å². The lowest BCUT2D eigenvalue weighted by atomic mass is 10.0. The van der Waals surface area contributed by atoms with Gasteiger partial charge in [0.15, 0.2) is 0 Å². The van der Waals surface area contributed by atoms with E-state index in [0.717, 1.165) is 6.07 Å². The first-order valence-electron chi connectivity index (χ1n) is 6.98. The average Bonchev–Trinajstić information content (AvgIpc) is 2.59. The SMILES string of the molecule is N#Cc1cccc(-c2c(Br)cc(Br)cc2S(=O)C(F)(F)C(F)(F)C(F)(F)F)c1. The van der Waals surface area contributed by atoms with Gasteiger partial charge in [-0.15, -0.1) is 0 Å². The molecule has 0 saturated heterocycles. The van der Waals surface area contributed by atoms with Crippen LogP contribution in [0.15, 0.2) is 50.2 Å². The summed E-state index contributed by atoms with van der Waals surface area (Å²) in [6.07, 6.45) is -6.61. The summed E-state index contributed by atoms with van der Waals surface area (Å²) < 4.78 is 104. The first-order chi connectivity index (χ1) is 12.7. The molecule has 28 heavy (non-hydrogen) atoms. The second kappa shape index (κ2) is 7.76. The van der Waals surface area contributed by atoms with E-state index in [1.54, 1.807) is 6.07 Å². The largest absolute Gasteiger partial charge is 0.461 e. The Morgan fingerprint density at radius 3 is 2.11 bits per heavy atom. The number of halogens is 9. The van der Waals surface area contributed by atoms with Crippen LogP contribution in [0.4, 0.5) is 30.7 Å². The Balaban J connectivity index is 2.75. The molecule has 1 unspecified atom stereocenters. The van der Waals surface area contributed by atoms with Crippen molar-refractivity contribution in [2.24, 2.45) is 0 Å². The maximum Gasteiger partial charge on any atom is 0.461 e. The van der Waals surface area contributed by atoms with Gasteiger partial charge in [-0.05, 0) is 29.8 Å². The zero-order chi connectivity index (χ0) is 21.5. The molecule has 0 bridgehead atoms. The molecule has 12 heteroatoms. The molecular formula is C16H6Br2F7NOS. The fraction of sp³-hybridized carbons (Fsp3) is 0.188. The summed E-state index contributed by atoms with van der Waals surface area (Å²) in [6.45, 7) is 0. The third kappa shape index (κ3) is 3.97. The topological polar surface area (TPSA) is 40.9 Å². The van der Waals surface area contributed by atoms with E-state index in [1.165, 1.54) is 30.3 Å². The van der Waals surface area contributed by atoms with Crippen molar-refractivity contribution >= 4 is 42.7 Å². The van der Waals surface area contributed by atoms with Crippen molar-refractivity contribution in [2.45, 2.75) is 22.2 Å². The molecule has 0 aromatic heterocycles. The summed E-state index contributed by atoms with van der Waals surface area (Å²) >= 11 is 5.91. The van der Waals surface area contributed by atoms with Crippen LogP contribution >= 0.6 is 31.9 Å². The van der Waals surface area contributed by atoms with Crippen LogP contribution in [0.5, 0.6) is 0 Å². The Morgan fingerprint density at radius 2 is 1.57 bits per heavy atom. The second-order valence-corrected chi connectivity index (χ2v) is 8.57. The van der Waals surface area contributed by atoms with Crippen LogP contribution < -0.4 is 0 Å². The van der Waals surface area contributed by atoms with E-state index in [9.17, 15) is 34.9 Å². The molecule has 0 N–H and O–H groups in total. The van der Waals surface area contributed by atoms with E-state index >= 15 is 0 Å². The summed E-state index contributed by atoms with van der Waals surface area (Å²) in [5, 5.41) is 3.00. The van der Waals surface area contributed by atoms with Crippen molar-refractivity contribution in [1.29, 1.82) is 5.26 Å². The van der Waals surface area contributed by atoms with Crippen molar-refractivity contribution in [2.75, 3.05) is 0 Å². The van der Waals surface area contributed by atoms with Crippen LogP contribution in [-0.2, 0) is 10.8 Å². The third-order valence-electron chi connectivity index (χ3n) is 3.45. The van der Waals surface area contributed by atoms with Gasteiger partial charge in [0.25, 0.3) is 0 Å². The van der Waals surface area contributed by atoms with Crippen molar-refractivity contribution < 1.29 is 34.9 Å². The van der Waals surface area contributed by atoms with Gasteiger partial charge in [-0.2, -0.15) is 36.0 Å². The molecule has 0 amide bonds. The van der Waals surface area contributed by atoms with Crippen LogP contribution in [0.3, 0.4) is 0 Å². The number of hydrogen-bond acceptors (Lipinski definition) is 2. The first kappa shape index (κ1) is 22.8. The van der Waals surface area contributed by atoms with Crippen LogP contribution in [0.25, 0.3) is 11.1 Å². The van der Waals surface area contributed by atoms with Gasteiger partial charge in [0, 0.05) is 14.5 Å². The molecule has 0 fully saturated rings. The van der Waals surface area contributed by atoms with Gasteiger partial charge < -0.3 is 0 Å². The summed E-state index contributed by atoms with van der Waals surface area (Å²) in [5.74, 6) is -6.54. The molecular weight excluding hydrogens is 547 g/mol. The lowest BCUT2D eigenvalue weighted by Crippen LogP contribution is -2.54. The van der Waals surface area contributed by atoms with Crippen LogP contribution in [0.2, 0.25) is 0 Å². The highest BCUT2D eigenvalue weighted by Gasteiger charge is 2.76. The predicted molar refractivity (Wildman–Crippen MR) is 94.4 cm³/mol. The van der Waals surface area contributed by atoms with Crippen LogP contribution in [-0.4, -0.2) is 21.6 Å². The van der Waals surface area contributed by atoms with Gasteiger partial charge >= 0.3 is 17.4 Å². The molecule has 1 atom stereocenters. The van der Waals surface area contributed by atoms with Gasteiger partial charge in [-0.3, -0.25) is 0 Å². The lowest BCUT2D eigenvalue weighted by molar-refractivity contribution is -0.331. The standard InChI is InChI=1S/C16H6Br2F7NOS/c17-10-5-11(18)13(9-3-1-2-8(4-9)7-26)12(6-10)28(27)16(24,25)14(19,20)15(21,22)23/h1-6H. The molecule has 2 aromatic carbocycles. The number of nitrogens with zero attached hydrogens (tertiary/aromatic N) is 1. The molecule has 2 rings (SSSR count). The van der Waals surface area contributed by atoms with Gasteiger partial charge in [-0.1, -0.05) is 44.0 Å². The highest BCUT2D eigenvalue weighted by molar-refractivity contribution is 9.11. The minimum Gasteiger partial charge on any atom is -0.248 e. The molecule has 2 nitrogen and oxygen atoms in total. The van der Waals surface area contributed by atoms with Gasteiger partial charge in [-0.25, -0.2) is 4.21 Å². The maximum atomic E-state index is 14.0. The molecule has 150 valence electrons. The van der Waals surface area contributed by atoms with E-state index in [2.05, 4.69) is 31.9 Å². The average molecular weight is 553 g/mol. The van der Waals surface area contributed by atoms with E-state index < -0.39 is 33.0 Å². The van der Waals surface area contributed by atoms with Crippen molar-refractivity contribution in [3.05, 3.63) is 50.9 Å². The van der Waals surface area contributed by atoms with Crippen LogP contribution in [0, 0.1) is 11.3 Å². The normalized spacial score (nSPS) is 13.9. The lowest BCUT2D eigenvalue weighted by Gasteiger charge is -2.28. The van der Waals surface area contributed by atoms with E-state index in [0.29, 0.717) is 0 Å². The summed E-state index contributed by atoms with van der Waals surface area (Å²) in [4.78, 5) is -0.967. The van der Waals surface area contributed by atoms with Crippen molar-refractivity contribution in [1.82, 2.24) is 0 Å². The second-order valence-electron chi connectivity index (χ2n) is 5.31. The quantitative estimate of drug-likeness (QED) is 0.399. The zero-order valence-corrected chi connectivity index (χ0v) is 17.1. The summed E-state index contributed by atoms with van der Waals surface area (Å²) in [7, 11) is -4.10. The van der Waals surface area contributed by atoms with E-state index in [-0.39, 0.29) is 25.6 Å². The zero-order valence-electron chi connectivity index (χ0n) is 13.1. The molecule has 0 spiro atoms. The summed E-state index contributed by atoms with van der Waals surface area (Å²) in [6, 6.07) is 9.03. The minimum absolute atomic E-state index is 0.00793. The molecule has 0 aliphatic rings. The molecule has 0 aliphatic carbocycles. The Morgan fingerprint density at radius 1 is 0.964 bits per heavy atom. The van der Waals surface area contributed by atoms with E-state index in [1.807, 2.05) is 0 Å². The molecule has 0 heterocycles. The minimum atomic E-state index is -6.61. The Kier molecular flexibility index (Phi) is 6.33. The number of rotatable bonds is 4. The highest BCUT2D eigenvalue weighted by Crippen LogP contribution is 2.51. The van der Waals surface area contributed by atoms with Gasteiger partial charge in [0.05, 0.1) is 16.5 Å². The van der Waals surface area contributed by atoms with Crippen molar-refractivity contribution in [3.63, 3.8) is 0 Å². The van der Waals surface area contributed by atoms with Crippen molar-refractivity contribution in [3.8, 4) is 17.2 Å². The smallest absolute Gasteiger partial charge is 0.248 e. The number of benzene rings is 2. The summed E-state index contributed by atoms with van der Waals surface area (Å²) in [5.41, 5.74) is -0.222. The number of alkyl halides is 7. The molecule has 0 radical (unpaired) electrons. The predicted octanol–water partition coefficient (Wildman–Crippen LogP) is 6.65. The molecule has 0 saturated carbocycles. The van der Waals surface area contributed by atoms with E-state index in [4.69, 9.17) is 5.26 Å². The fourth-order valence-electron chi connectivity index (χ4n) is 2.14. The van der Waals surface area contributed by atoms with Gasteiger partial charge in [0.2, 0.25) is 0 Å². The Labute approximate surface area is 173 Å². The Bertz CT molecular complexity index is 986. The number of hydrogen-bond donors (Lipinski definition) is 0. The monoisotopic (exact) mass is 551 g/mol. The highest BCUT2D eigenvalue weighted by atomic mass is 79.9. The fourth-order valence-corrected chi connectivity index (χ4v) is 5.15. The maximum absolute atomic E-state index is 14.0. The number of nitriles is 1. The Hall–Kier alpha value is -1.45. The molecule has 2 aromatic rings. The first-order valence-corrected chi connectivity index (χ1v) is 9.71. The molecule has 0 aliphatic heterocycles. The third-order valence-corrected chi connectivity index (χ3v) is 5.98.